The summed E-state index contributed by atoms with van der Waals surface area (Å²) in [6.07, 6.45) is 4.70. The molecule has 3 rings (SSSR count). The van der Waals surface area contributed by atoms with Crippen LogP contribution >= 0.6 is 0 Å². The second-order valence-electron chi connectivity index (χ2n) is 9.07. The highest BCUT2D eigenvalue weighted by molar-refractivity contribution is 5.96. The van der Waals surface area contributed by atoms with Crippen molar-refractivity contribution < 1.29 is 24.2 Å². The Hall–Kier alpha value is -3.03. The molecular weight excluding hydrogens is 422 g/mol. The quantitative estimate of drug-likeness (QED) is 0.573. The Bertz CT molecular complexity index is 956. The maximum absolute atomic E-state index is 13.2. The van der Waals surface area contributed by atoms with E-state index in [9.17, 15) is 14.7 Å². The minimum absolute atomic E-state index is 0.0233. The van der Waals surface area contributed by atoms with E-state index >= 15 is 0 Å². The number of methoxy groups -OCH3 is 2. The standard InChI is InChI=1S/C25H35N3O5/c1-15(2)16(3)28-19(22-20(32-4)12-9-13-21(22)33-5)14-18(27-28)24(29)26-23(25(30)31)17-10-7-6-8-11-17/h9,12-17,23H,6-8,10-11H2,1-5H3,(H,26,29)(H,30,31)/t16?,23-/m0/s1. The van der Waals surface area contributed by atoms with Gasteiger partial charge < -0.3 is 19.9 Å². The number of carboxylic acid groups (broad SMARTS) is 1. The lowest BCUT2D eigenvalue weighted by atomic mass is 9.84. The Balaban J connectivity index is 2.02. The number of aliphatic carboxylic acids is 1. The molecule has 1 aromatic carbocycles. The molecule has 0 aliphatic heterocycles. The van der Waals surface area contributed by atoms with E-state index in [1.807, 2.05) is 25.1 Å². The number of nitrogens with one attached hydrogen (secondary N) is 1. The molecule has 0 bridgehead atoms. The summed E-state index contributed by atoms with van der Waals surface area (Å²) in [6.45, 7) is 6.20. The summed E-state index contributed by atoms with van der Waals surface area (Å²) in [5.74, 6) is -0.109. The maximum atomic E-state index is 13.2. The molecule has 1 fully saturated rings. The van der Waals surface area contributed by atoms with Crippen molar-refractivity contribution in [2.75, 3.05) is 14.2 Å². The molecule has 1 heterocycles. The number of aromatic nitrogens is 2. The molecule has 1 aliphatic carbocycles. The van der Waals surface area contributed by atoms with Gasteiger partial charge in [0.15, 0.2) is 5.69 Å². The van der Waals surface area contributed by atoms with Crippen LogP contribution in [0, 0.1) is 11.8 Å². The number of nitrogens with zero attached hydrogens (tertiary/aromatic N) is 2. The predicted molar refractivity (Wildman–Crippen MR) is 126 cm³/mol. The van der Waals surface area contributed by atoms with Crippen LogP contribution < -0.4 is 14.8 Å². The van der Waals surface area contributed by atoms with Crippen LogP contribution in [0.25, 0.3) is 11.3 Å². The van der Waals surface area contributed by atoms with Crippen molar-refractivity contribution in [3.8, 4) is 22.8 Å². The topological polar surface area (TPSA) is 103 Å². The zero-order valence-corrected chi connectivity index (χ0v) is 20.1. The zero-order valence-electron chi connectivity index (χ0n) is 20.1. The molecule has 1 amide bonds. The Morgan fingerprint density at radius 3 is 2.21 bits per heavy atom. The lowest BCUT2D eigenvalue weighted by molar-refractivity contribution is -0.141. The van der Waals surface area contributed by atoms with Gasteiger partial charge in [-0.1, -0.05) is 39.2 Å². The van der Waals surface area contributed by atoms with E-state index in [4.69, 9.17) is 9.47 Å². The smallest absolute Gasteiger partial charge is 0.326 e. The van der Waals surface area contributed by atoms with Gasteiger partial charge in [-0.25, -0.2) is 4.79 Å². The number of carboxylic acids is 1. The van der Waals surface area contributed by atoms with Gasteiger partial charge in [0, 0.05) is 0 Å². The highest BCUT2D eigenvalue weighted by Crippen LogP contribution is 2.40. The van der Waals surface area contributed by atoms with Gasteiger partial charge in [0.25, 0.3) is 5.91 Å². The Kier molecular flexibility index (Phi) is 8.00. The summed E-state index contributed by atoms with van der Waals surface area (Å²) in [5, 5.41) is 17.1. The van der Waals surface area contributed by atoms with Crippen LogP contribution in [0.1, 0.15) is 69.4 Å². The van der Waals surface area contributed by atoms with Gasteiger partial charge in [-0.3, -0.25) is 9.48 Å². The van der Waals surface area contributed by atoms with E-state index in [2.05, 4.69) is 24.3 Å². The molecule has 2 aromatic rings. The molecule has 0 radical (unpaired) electrons. The number of carbonyl (C=O) groups excluding carboxylic acids is 1. The molecule has 2 atom stereocenters. The largest absolute Gasteiger partial charge is 0.496 e. The van der Waals surface area contributed by atoms with Crippen LogP contribution in [-0.2, 0) is 4.79 Å². The van der Waals surface area contributed by atoms with Crippen LogP contribution in [0.4, 0.5) is 0 Å². The zero-order chi connectivity index (χ0) is 24.1. The molecule has 180 valence electrons. The fourth-order valence-corrected chi connectivity index (χ4v) is 4.45. The number of ether oxygens (including phenoxy) is 2. The van der Waals surface area contributed by atoms with Crippen LogP contribution in [-0.4, -0.2) is 47.0 Å². The molecule has 1 aromatic heterocycles. The number of hydrogen-bond acceptors (Lipinski definition) is 5. The van der Waals surface area contributed by atoms with E-state index in [1.54, 1.807) is 25.0 Å². The number of benzene rings is 1. The van der Waals surface area contributed by atoms with Gasteiger partial charge in [-0.2, -0.15) is 5.10 Å². The average molecular weight is 458 g/mol. The third kappa shape index (κ3) is 5.31. The van der Waals surface area contributed by atoms with Crippen LogP contribution in [0.15, 0.2) is 24.3 Å². The molecule has 2 N–H and O–H groups in total. The molecular formula is C25H35N3O5. The van der Waals surface area contributed by atoms with E-state index in [1.165, 1.54) is 0 Å². The SMILES string of the molecule is COc1cccc(OC)c1-c1cc(C(=O)N[C@H](C(=O)O)C2CCCCC2)nn1C(C)C(C)C. The normalized spacial score (nSPS) is 16.3. The molecule has 1 aliphatic rings. The minimum Gasteiger partial charge on any atom is -0.496 e. The van der Waals surface area contributed by atoms with Crippen molar-refractivity contribution in [1.82, 2.24) is 15.1 Å². The molecule has 8 nitrogen and oxygen atoms in total. The highest BCUT2D eigenvalue weighted by Gasteiger charge is 2.32. The molecule has 33 heavy (non-hydrogen) atoms. The molecule has 1 saturated carbocycles. The molecule has 0 spiro atoms. The Morgan fingerprint density at radius 2 is 1.70 bits per heavy atom. The fraction of sp³-hybridized carbons (Fsp3) is 0.560. The van der Waals surface area contributed by atoms with Crippen LogP contribution in [0.5, 0.6) is 11.5 Å². The monoisotopic (exact) mass is 457 g/mol. The second-order valence-corrected chi connectivity index (χ2v) is 9.07. The van der Waals surface area contributed by atoms with Crippen molar-refractivity contribution >= 4 is 11.9 Å². The van der Waals surface area contributed by atoms with Crippen molar-refractivity contribution in [2.45, 2.75) is 65.0 Å². The van der Waals surface area contributed by atoms with Crippen molar-refractivity contribution in [2.24, 2.45) is 11.8 Å². The first kappa shape index (κ1) is 24.6. The van der Waals surface area contributed by atoms with Crippen LogP contribution in [0.3, 0.4) is 0 Å². The second kappa shape index (κ2) is 10.7. The summed E-state index contributed by atoms with van der Waals surface area (Å²) in [4.78, 5) is 25.1. The summed E-state index contributed by atoms with van der Waals surface area (Å²) in [5.41, 5.74) is 1.55. The van der Waals surface area contributed by atoms with Crippen LogP contribution in [0.2, 0.25) is 0 Å². The van der Waals surface area contributed by atoms with E-state index < -0.39 is 17.9 Å². The van der Waals surface area contributed by atoms with Crippen molar-refractivity contribution in [3.05, 3.63) is 30.0 Å². The molecule has 8 heteroatoms. The van der Waals surface area contributed by atoms with Gasteiger partial charge in [-0.15, -0.1) is 0 Å². The average Bonchev–Trinajstić information content (AvgIpc) is 3.26. The highest BCUT2D eigenvalue weighted by atomic mass is 16.5. The molecule has 0 saturated heterocycles. The summed E-state index contributed by atoms with van der Waals surface area (Å²) >= 11 is 0. The number of amides is 1. The van der Waals surface area contributed by atoms with Gasteiger partial charge in [0.05, 0.1) is 31.5 Å². The van der Waals surface area contributed by atoms with Crippen molar-refractivity contribution in [3.63, 3.8) is 0 Å². The third-order valence-electron chi connectivity index (χ3n) is 6.68. The first-order valence-corrected chi connectivity index (χ1v) is 11.6. The summed E-state index contributed by atoms with van der Waals surface area (Å²) in [6, 6.07) is 6.24. The van der Waals surface area contributed by atoms with Crippen molar-refractivity contribution in [1.29, 1.82) is 0 Å². The number of hydrogen-bond donors (Lipinski definition) is 2. The van der Waals surface area contributed by atoms with Gasteiger partial charge in [0.2, 0.25) is 0 Å². The van der Waals surface area contributed by atoms with Gasteiger partial charge >= 0.3 is 5.97 Å². The van der Waals surface area contributed by atoms with E-state index in [0.717, 1.165) is 32.1 Å². The van der Waals surface area contributed by atoms with E-state index in [-0.39, 0.29) is 23.6 Å². The van der Waals surface area contributed by atoms with E-state index in [0.29, 0.717) is 22.8 Å². The first-order valence-electron chi connectivity index (χ1n) is 11.6. The summed E-state index contributed by atoms with van der Waals surface area (Å²) in [7, 11) is 3.17. The lowest BCUT2D eigenvalue weighted by Gasteiger charge is -2.27. The Morgan fingerprint density at radius 1 is 1.09 bits per heavy atom. The third-order valence-corrected chi connectivity index (χ3v) is 6.68. The number of carbonyl (C=O) groups is 2. The fourth-order valence-electron chi connectivity index (χ4n) is 4.45. The van der Waals surface area contributed by atoms with Gasteiger partial charge in [0.1, 0.15) is 17.5 Å². The minimum atomic E-state index is -1.00. The maximum Gasteiger partial charge on any atom is 0.326 e. The molecule has 1 unspecified atom stereocenters. The Labute approximate surface area is 195 Å². The predicted octanol–water partition coefficient (Wildman–Crippen LogP) is 4.55. The van der Waals surface area contributed by atoms with Gasteiger partial charge in [-0.05, 0) is 49.8 Å². The number of rotatable bonds is 9. The first-order chi connectivity index (χ1) is 15.8. The lowest BCUT2D eigenvalue weighted by Crippen LogP contribution is -2.46. The summed E-state index contributed by atoms with van der Waals surface area (Å²) < 4.78 is 13.0.